The SMILES string of the molecule is Cc1cccc(Nc2cc(Nc3cccc(C)c3)cc(-c3ccccc3Cc3ccccc3)c2)c1. The summed E-state index contributed by atoms with van der Waals surface area (Å²) < 4.78 is 0. The summed E-state index contributed by atoms with van der Waals surface area (Å²) in [5.74, 6) is 0. The summed E-state index contributed by atoms with van der Waals surface area (Å²) in [7, 11) is 0. The first-order chi connectivity index (χ1) is 17.1. The van der Waals surface area contributed by atoms with Crippen molar-refractivity contribution in [3.8, 4) is 11.1 Å². The van der Waals surface area contributed by atoms with E-state index in [9.17, 15) is 0 Å². The molecule has 5 aromatic carbocycles. The van der Waals surface area contributed by atoms with E-state index < -0.39 is 0 Å². The van der Waals surface area contributed by atoms with Crippen LogP contribution in [-0.4, -0.2) is 0 Å². The van der Waals surface area contributed by atoms with Gasteiger partial charge in [-0.2, -0.15) is 0 Å². The number of hydrogen-bond donors (Lipinski definition) is 2. The third kappa shape index (κ3) is 5.80. The molecule has 0 aromatic heterocycles. The fourth-order valence-electron chi connectivity index (χ4n) is 4.48. The quantitative estimate of drug-likeness (QED) is 0.256. The third-order valence-corrected chi connectivity index (χ3v) is 6.11. The van der Waals surface area contributed by atoms with Gasteiger partial charge in [0.05, 0.1) is 0 Å². The van der Waals surface area contributed by atoms with Crippen molar-refractivity contribution in [2.75, 3.05) is 10.6 Å². The van der Waals surface area contributed by atoms with Crippen molar-refractivity contribution in [1.29, 1.82) is 0 Å². The molecule has 2 N–H and O–H groups in total. The van der Waals surface area contributed by atoms with Gasteiger partial charge >= 0.3 is 0 Å². The zero-order valence-electron chi connectivity index (χ0n) is 20.3. The molecule has 35 heavy (non-hydrogen) atoms. The highest BCUT2D eigenvalue weighted by atomic mass is 14.9. The maximum absolute atomic E-state index is 3.62. The topological polar surface area (TPSA) is 24.1 Å². The Morgan fingerprint density at radius 1 is 0.486 bits per heavy atom. The Bertz CT molecular complexity index is 1370. The number of anilines is 4. The average molecular weight is 455 g/mol. The van der Waals surface area contributed by atoms with Crippen LogP contribution in [0.1, 0.15) is 22.3 Å². The van der Waals surface area contributed by atoms with Crippen molar-refractivity contribution in [1.82, 2.24) is 0 Å². The lowest BCUT2D eigenvalue weighted by Crippen LogP contribution is -1.97. The molecule has 172 valence electrons. The summed E-state index contributed by atoms with van der Waals surface area (Å²) in [4.78, 5) is 0. The maximum Gasteiger partial charge on any atom is 0.0411 e. The smallest absolute Gasteiger partial charge is 0.0411 e. The summed E-state index contributed by atoms with van der Waals surface area (Å²) in [6.45, 7) is 4.23. The van der Waals surface area contributed by atoms with Crippen LogP contribution in [0.4, 0.5) is 22.7 Å². The second kappa shape index (κ2) is 10.3. The molecule has 0 unspecified atom stereocenters. The van der Waals surface area contributed by atoms with E-state index in [2.05, 4.69) is 146 Å². The predicted molar refractivity (Wildman–Crippen MR) is 150 cm³/mol. The van der Waals surface area contributed by atoms with Crippen LogP contribution < -0.4 is 10.6 Å². The van der Waals surface area contributed by atoms with Gasteiger partial charge in [-0.1, -0.05) is 78.9 Å². The normalized spacial score (nSPS) is 10.7. The van der Waals surface area contributed by atoms with E-state index in [1.165, 1.54) is 33.4 Å². The first-order valence-electron chi connectivity index (χ1n) is 12.1. The van der Waals surface area contributed by atoms with Crippen LogP contribution in [0.2, 0.25) is 0 Å². The highest BCUT2D eigenvalue weighted by Gasteiger charge is 2.10. The van der Waals surface area contributed by atoms with Crippen molar-refractivity contribution in [3.63, 3.8) is 0 Å². The highest BCUT2D eigenvalue weighted by Crippen LogP contribution is 2.33. The molecule has 0 atom stereocenters. The molecule has 5 rings (SSSR count). The summed E-state index contributed by atoms with van der Waals surface area (Å²) in [5.41, 5.74) is 11.8. The van der Waals surface area contributed by atoms with E-state index >= 15 is 0 Å². The number of aryl methyl sites for hydroxylation is 2. The van der Waals surface area contributed by atoms with Gasteiger partial charge in [0, 0.05) is 22.7 Å². The van der Waals surface area contributed by atoms with Crippen LogP contribution in [0.5, 0.6) is 0 Å². The molecule has 0 bridgehead atoms. The van der Waals surface area contributed by atoms with Gasteiger partial charge < -0.3 is 10.6 Å². The molecule has 2 nitrogen and oxygen atoms in total. The van der Waals surface area contributed by atoms with E-state index in [0.29, 0.717) is 0 Å². The molecule has 0 saturated heterocycles. The van der Waals surface area contributed by atoms with Crippen LogP contribution in [-0.2, 0) is 6.42 Å². The molecule has 0 aliphatic heterocycles. The molecule has 0 amide bonds. The molecular weight excluding hydrogens is 424 g/mol. The highest BCUT2D eigenvalue weighted by molar-refractivity contribution is 5.80. The molecule has 0 spiro atoms. The maximum atomic E-state index is 3.62. The second-order valence-electron chi connectivity index (χ2n) is 9.11. The Morgan fingerprint density at radius 2 is 1.06 bits per heavy atom. The first-order valence-corrected chi connectivity index (χ1v) is 12.1. The van der Waals surface area contributed by atoms with Gasteiger partial charge in [0.1, 0.15) is 0 Å². The van der Waals surface area contributed by atoms with Gasteiger partial charge in [0.2, 0.25) is 0 Å². The van der Waals surface area contributed by atoms with E-state index in [1.54, 1.807) is 0 Å². The van der Waals surface area contributed by atoms with Crippen molar-refractivity contribution in [2.45, 2.75) is 20.3 Å². The molecule has 2 heteroatoms. The van der Waals surface area contributed by atoms with Gasteiger partial charge in [-0.3, -0.25) is 0 Å². The minimum atomic E-state index is 0.896. The van der Waals surface area contributed by atoms with E-state index in [0.717, 1.165) is 29.2 Å². The van der Waals surface area contributed by atoms with E-state index in [1.807, 2.05) is 0 Å². The molecule has 0 aliphatic carbocycles. The molecule has 5 aromatic rings. The Balaban J connectivity index is 1.56. The average Bonchev–Trinajstić information content (AvgIpc) is 2.85. The van der Waals surface area contributed by atoms with Gasteiger partial charge in [0.15, 0.2) is 0 Å². The Kier molecular flexibility index (Phi) is 6.63. The number of hydrogen-bond acceptors (Lipinski definition) is 2. The lowest BCUT2D eigenvalue weighted by atomic mass is 9.94. The molecular formula is C33H30N2. The van der Waals surface area contributed by atoms with Crippen molar-refractivity contribution in [3.05, 3.63) is 144 Å². The van der Waals surface area contributed by atoms with E-state index in [-0.39, 0.29) is 0 Å². The summed E-state index contributed by atoms with van der Waals surface area (Å²) in [6, 6.07) is 43.0. The van der Waals surface area contributed by atoms with Crippen LogP contribution in [0.25, 0.3) is 11.1 Å². The fourth-order valence-corrected chi connectivity index (χ4v) is 4.48. The lowest BCUT2D eigenvalue weighted by molar-refractivity contribution is 1.19. The van der Waals surface area contributed by atoms with Gasteiger partial charge in [0.25, 0.3) is 0 Å². The van der Waals surface area contributed by atoms with Crippen LogP contribution in [0.3, 0.4) is 0 Å². The van der Waals surface area contributed by atoms with Crippen molar-refractivity contribution < 1.29 is 0 Å². The van der Waals surface area contributed by atoms with Crippen LogP contribution in [0.15, 0.2) is 121 Å². The van der Waals surface area contributed by atoms with Crippen LogP contribution >= 0.6 is 0 Å². The van der Waals surface area contributed by atoms with Gasteiger partial charge in [-0.05, 0) is 96.1 Å². The van der Waals surface area contributed by atoms with Crippen molar-refractivity contribution in [2.24, 2.45) is 0 Å². The molecule has 0 heterocycles. The standard InChI is InChI=1S/C33H30N2/c1-24-10-8-15-29(18-24)34-31-21-28(22-32(23-31)35-30-16-9-11-25(2)19-30)33-17-7-6-14-27(33)20-26-12-4-3-5-13-26/h3-19,21-23,34-35H,20H2,1-2H3. The summed E-state index contributed by atoms with van der Waals surface area (Å²) >= 11 is 0. The number of benzene rings is 5. The number of rotatable bonds is 7. The largest absolute Gasteiger partial charge is 0.355 e. The fraction of sp³-hybridized carbons (Fsp3) is 0.0909. The van der Waals surface area contributed by atoms with Gasteiger partial charge in [-0.25, -0.2) is 0 Å². The first kappa shape index (κ1) is 22.5. The van der Waals surface area contributed by atoms with Gasteiger partial charge in [-0.15, -0.1) is 0 Å². The molecule has 0 aliphatic rings. The molecule has 0 radical (unpaired) electrons. The van der Waals surface area contributed by atoms with E-state index in [4.69, 9.17) is 0 Å². The molecule has 0 saturated carbocycles. The Morgan fingerprint density at radius 3 is 1.66 bits per heavy atom. The Hall–Kier alpha value is -4.30. The summed E-state index contributed by atoms with van der Waals surface area (Å²) in [6.07, 6.45) is 0.896. The van der Waals surface area contributed by atoms with Crippen LogP contribution in [0, 0.1) is 13.8 Å². The lowest BCUT2D eigenvalue weighted by Gasteiger charge is -2.16. The molecule has 0 fully saturated rings. The Labute approximate surface area is 208 Å². The monoisotopic (exact) mass is 454 g/mol. The van der Waals surface area contributed by atoms with Crippen molar-refractivity contribution >= 4 is 22.7 Å². The number of nitrogens with one attached hydrogen (secondary N) is 2. The zero-order valence-corrected chi connectivity index (χ0v) is 20.3. The second-order valence-corrected chi connectivity index (χ2v) is 9.11. The predicted octanol–water partition coefficient (Wildman–Crippen LogP) is 9.05. The minimum Gasteiger partial charge on any atom is -0.355 e. The minimum absolute atomic E-state index is 0.896. The zero-order chi connectivity index (χ0) is 24.0. The third-order valence-electron chi connectivity index (χ3n) is 6.11. The summed E-state index contributed by atoms with van der Waals surface area (Å²) in [5, 5.41) is 7.24.